The zero-order chi connectivity index (χ0) is 35.8. The Morgan fingerprint density at radius 3 is 2.42 bits per heavy atom. The predicted molar refractivity (Wildman–Crippen MR) is 188 cm³/mol. The Bertz CT molecular complexity index is 1670. The van der Waals surface area contributed by atoms with Crippen molar-refractivity contribution in [3.8, 4) is 22.8 Å². The van der Waals surface area contributed by atoms with Crippen LogP contribution in [0.3, 0.4) is 0 Å². The molecule has 1 saturated heterocycles. The number of hydrogen-bond acceptors (Lipinski definition) is 8. The first-order valence-corrected chi connectivity index (χ1v) is 17.7. The van der Waals surface area contributed by atoms with Gasteiger partial charge in [-0.15, -0.1) is 0 Å². The van der Waals surface area contributed by atoms with Crippen LogP contribution in [-0.2, 0) is 14.3 Å². The van der Waals surface area contributed by atoms with E-state index >= 15 is 0 Å². The van der Waals surface area contributed by atoms with E-state index in [1.807, 2.05) is 61.5 Å². The molecule has 2 N–H and O–H groups in total. The number of aliphatic carboxylic acids is 1. The van der Waals surface area contributed by atoms with Gasteiger partial charge in [-0.1, -0.05) is 76.3 Å². The highest BCUT2D eigenvalue weighted by Gasteiger charge is 2.51. The maximum Gasteiger partial charge on any atom is 0.416 e. The number of fused-ring (bicyclic) bond motifs is 1. The summed E-state index contributed by atoms with van der Waals surface area (Å²) in [6.45, 7) is 5.80. The molecular formula is C38H48N4O8. The van der Waals surface area contributed by atoms with E-state index in [0.29, 0.717) is 40.9 Å². The van der Waals surface area contributed by atoms with E-state index < -0.39 is 42.2 Å². The zero-order valence-corrected chi connectivity index (χ0v) is 29.3. The van der Waals surface area contributed by atoms with Crippen molar-refractivity contribution < 1.29 is 38.5 Å². The number of urea groups is 1. The van der Waals surface area contributed by atoms with Crippen molar-refractivity contribution in [2.45, 2.75) is 96.4 Å². The van der Waals surface area contributed by atoms with E-state index in [1.54, 1.807) is 14.0 Å². The number of pyridine rings is 1. The molecule has 0 bridgehead atoms. The standard InChI is InChI=1S/C38H48N4O8/c1-5-7-8-9-13-16-29(36(44)45)40-37(46)41-23-27(21-33(41)35(43)42(32-19-24(32)3)38(47)49-6-2)50-34-22-30(25-14-11-10-12-15-25)39-31-20-26(48-4)17-18-28(31)34/h10-12,14-15,17-18,20,22,24,27,29,32-33H,5-9,13,16,19,21,23H2,1-4H3,(H,40,46)(H,44,45)/t24-,27?,29+,32?,33+/m1/s1. The number of methoxy groups -OCH3 is 1. The summed E-state index contributed by atoms with van der Waals surface area (Å²) in [7, 11) is 1.58. The second-order valence-corrected chi connectivity index (χ2v) is 13.1. The molecule has 0 spiro atoms. The molecule has 4 amide bonds. The lowest BCUT2D eigenvalue weighted by atomic mass is 10.1. The van der Waals surface area contributed by atoms with Crippen LogP contribution in [0.15, 0.2) is 54.6 Å². The van der Waals surface area contributed by atoms with E-state index in [2.05, 4.69) is 12.2 Å². The number of carboxylic acid groups (broad SMARTS) is 1. The van der Waals surface area contributed by atoms with Crippen molar-refractivity contribution in [2.24, 2.45) is 5.92 Å². The summed E-state index contributed by atoms with van der Waals surface area (Å²) in [5, 5.41) is 13.3. The molecule has 1 aliphatic heterocycles. The molecule has 0 radical (unpaired) electrons. The summed E-state index contributed by atoms with van der Waals surface area (Å²) in [6.07, 6.45) is 4.18. The van der Waals surface area contributed by atoms with Crippen LogP contribution < -0.4 is 14.8 Å². The number of hydrogen-bond donors (Lipinski definition) is 2. The molecule has 3 aromatic rings. The number of unbranched alkanes of at least 4 members (excludes halogenated alkanes) is 4. The Morgan fingerprint density at radius 2 is 1.76 bits per heavy atom. The Balaban J connectivity index is 1.45. The van der Waals surface area contributed by atoms with Crippen molar-refractivity contribution in [3.63, 3.8) is 0 Å². The van der Waals surface area contributed by atoms with E-state index in [9.17, 15) is 24.3 Å². The minimum Gasteiger partial charge on any atom is -0.497 e. The van der Waals surface area contributed by atoms with Gasteiger partial charge in [-0.25, -0.2) is 24.3 Å². The van der Waals surface area contributed by atoms with Gasteiger partial charge in [0.2, 0.25) is 0 Å². The van der Waals surface area contributed by atoms with Gasteiger partial charge in [0.25, 0.3) is 5.91 Å². The molecule has 5 atom stereocenters. The van der Waals surface area contributed by atoms with Crippen LogP contribution in [0.1, 0.15) is 72.1 Å². The maximum absolute atomic E-state index is 14.2. The number of imide groups is 1. The maximum atomic E-state index is 14.2. The van der Waals surface area contributed by atoms with E-state index in [4.69, 9.17) is 19.2 Å². The van der Waals surface area contributed by atoms with Gasteiger partial charge >= 0.3 is 18.1 Å². The highest BCUT2D eigenvalue weighted by atomic mass is 16.6. The molecule has 1 aliphatic carbocycles. The summed E-state index contributed by atoms with van der Waals surface area (Å²) in [5.41, 5.74) is 2.18. The number of carbonyl (C=O) groups is 4. The Kier molecular flexibility index (Phi) is 12.2. The second-order valence-electron chi connectivity index (χ2n) is 13.1. The van der Waals surface area contributed by atoms with E-state index in [1.165, 1.54) is 4.90 Å². The highest BCUT2D eigenvalue weighted by Crippen LogP contribution is 2.38. The van der Waals surface area contributed by atoms with E-state index in [-0.39, 0.29) is 38.0 Å². The fourth-order valence-corrected chi connectivity index (χ4v) is 6.52. The number of amides is 4. The largest absolute Gasteiger partial charge is 0.497 e. The molecule has 2 unspecified atom stereocenters. The van der Waals surface area contributed by atoms with Gasteiger partial charge < -0.3 is 29.5 Å². The highest BCUT2D eigenvalue weighted by molar-refractivity contribution is 5.98. The third kappa shape index (κ3) is 8.64. The molecule has 12 heteroatoms. The van der Waals surface area contributed by atoms with Gasteiger partial charge in [0, 0.05) is 35.5 Å². The topological polar surface area (TPSA) is 148 Å². The zero-order valence-electron chi connectivity index (χ0n) is 29.3. The number of rotatable bonds is 15. The Labute approximate surface area is 293 Å². The molecule has 5 rings (SSSR count). The number of aromatic nitrogens is 1. The Morgan fingerprint density at radius 1 is 1.02 bits per heavy atom. The first kappa shape index (κ1) is 36.4. The second kappa shape index (κ2) is 16.7. The lowest BCUT2D eigenvalue weighted by Gasteiger charge is -2.29. The molecule has 2 aromatic carbocycles. The van der Waals surface area contributed by atoms with Gasteiger partial charge in [0.15, 0.2) is 0 Å². The molecule has 1 saturated carbocycles. The quantitative estimate of drug-likeness (QED) is 0.168. The fourth-order valence-electron chi connectivity index (χ4n) is 6.52. The summed E-state index contributed by atoms with van der Waals surface area (Å²) >= 11 is 0. The summed E-state index contributed by atoms with van der Waals surface area (Å²) in [5.74, 6) is -0.485. The van der Waals surface area contributed by atoms with Crippen LogP contribution in [0, 0.1) is 5.92 Å². The third-order valence-corrected chi connectivity index (χ3v) is 9.44. The summed E-state index contributed by atoms with van der Waals surface area (Å²) in [6, 6.07) is 13.7. The van der Waals surface area contributed by atoms with Gasteiger partial charge in [-0.05, 0) is 37.8 Å². The SMILES string of the molecule is CCCCCCC[C@H](NC(=O)N1CC(Oc2cc(-c3ccccc3)nc3cc(OC)ccc23)C[C@H]1C(=O)N(C(=O)OCC)C1C[C@H]1C)C(=O)O. The van der Waals surface area contributed by atoms with Crippen molar-refractivity contribution in [3.05, 3.63) is 54.6 Å². The van der Waals surface area contributed by atoms with Crippen molar-refractivity contribution in [1.82, 2.24) is 20.1 Å². The number of likely N-dealkylation sites (tertiary alicyclic amines) is 1. The molecule has 268 valence electrons. The molecule has 12 nitrogen and oxygen atoms in total. The number of ether oxygens (including phenoxy) is 3. The minimum atomic E-state index is -1.14. The van der Waals surface area contributed by atoms with Crippen molar-refractivity contribution in [1.29, 1.82) is 0 Å². The van der Waals surface area contributed by atoms with Crippen molar-refractivity contribution in [2.75, 3.05) is 20.3 Å². The summed E-state index contributed by atoms with van der Waals surface area (Å²) < 4.78 is 17.3. The molecule has 50 heavy (non-hydrogen) atoms. The van der Waals surface area contributed by atoms with Crippen LogP contribution >= 0.6 is 0 Å². The predicted octanol–water partition coefficient (Wildman–Crippen LogP) is 6.65. The lowest BCUT2D eigenvalue weighted by Crippen LogP contribution is -2.55. The average molecular weight is 689 g/mol. The lowest BCUT2D eigenvalue weighted by molar-refractivity contribution is -0.139. The van der Waals surface area contributed by atoms with Crippen LogP contribution in [0.25, 0.3) is 22.2 Å². The number of carboxylic acids is 1. The van der Waals surface area contributed by atoms with Crippen LogP contribution in [-0.4, -0.2) is 88.4 Å². The monoisotopic (exact) mass is 688 g/mol. The van der Waals surface area contributed by atoms with Crippen LogP contribution in [0.5, 0.6) is 11.5 Å². The smallest absolute Gasteiger partial charge is 0.416 e. The third-order valence-electron chi connectivity index (χ3n) is 9.44. The van der Waals surface area contributed by atoms with Crippen molar-refractivity contribution >= 4 is 34.9 Å². The molecule has 1 aromatic heterocycles. The number of benzene rings is 2. The van der Waals surface area contributed by atoms with E-state index in [0.717, 1.165) is 36.1 Å². The average Bonchev–Trinajstić information content (AvgIpc) is 3.66. The minimum absolute atomic E-state index is 0.0113. The number of nitrogens with one attached hydrogen (secondary N) is 1. The fraction of sp³-hybridized carbons (Fsp3) is 0.500. The number of nitrogens with zero attached hydrogens (tertiary/aromatic N) is 3. The van der Waals surface area contributed by atoms with Gasteiger partial charge in [-0.3, -0.25) is 4.79 Å². The molecule has 2 fully saturated rings. The Hall–Kier alpha value is -4.87. The number of carbonyl (C=O) groups excluding carboxylic acids is 3. The molecule has 2 heterocycles. The summed E-state index contributed by atoms with van der Waals surface area (Å²) in [4.78, 5) is 60.7. The molecular weight excluding hydrogens is 640 g/mol. The first-order chi connectivity index (χ1) is 24.1. The van der Waals surface area contributed by atoms with Crippen LogP contribution in [0.2, 0.25) is 0 Å². The van der Waals surface area contributed by atoms with Gasteiger partial charge in [0.05, 0.1) is 31.5 Å². The normalized spacial score (nSPS) is 20.2. The first-order valence-electron chi connectivity index (χ1n) is 17.7. The van der Waals surface area contributed by atoms with Gasteiger partial charge in [-0.2, -0.15) is 0 Å². The van der Waals surface area contributed by atoms with Crippen LogP contribution in [0.4, 0.5) is 9.59 Å². The van der Waals surface area contributed by atoms with Gasteiger partial charge in [0.1, 0.15) is 29.7 Å². The molecule has 2 aliphatic rings.